The molecule has 0 bridgehead atoms. The zero-order chi connectivity index (χ0) is 13.6. The average Bonchev–Trinajstić information content (AvgIpc) is 2.34. The molecule has 2 heteroatoms. The van der Waals surface area contributed by atoms with Gasteiger partial charge in [-0.1, -0.05) is 51.0 Å². The summed E-state index contributed by atoms with van der Waals surface area (Å²) in [6, 6.07) is 0. The maximum Gasteiger partial charge on any atom is 0.302 e. The van der Waals surface area contributed by atoms with Gasteiger partial charge in [0.25, 0.3) is 0 Å². The van der Waals surface area contributed by atoms with E-state index in [-0.39, 0.29) is 12.1 Å². The maximum absolute atomic E-state index is 11.0. The van der Waals surface area contributed by atoms with Crippen LogP contribution < -0.4 is 0 Å². The Morgan fingerprint density at radius 3 is 2.56 bits per heavy atom. The lowest BCUT2D eigenvalue weighted by atomic mass is 10.0. The first-order valence-electron chi connectivity index (χ1n) is 7.15. The monoisotopic (exact) mass is 252 g/mol. The van der Waals surface area contributed by atoms with E-state index >= 15 is 0 Å². The fourth-order valence-corrected chi connectivity index (χ4v) is 1.93. The number of carbonyl (C=O) groups is 1. The fraction of sp³-hybridized carbons (Fsp3) is 0.688. The van der Waals surface area contributed by atoms with Gasteiger partial charge in [-0.3, -0.25) is 4.79 Å². The van der Waals surface area contributed by atoms with Crippen LogP contribution in [0.1, 0.15) is 65.2 Å². The van der Waals surface area contributed by atoms with Crippen LogP contribution in [0.3, 0.4) is 0 Å². The van der Waals surface area contributed by atoms with Gasteiger partial charge in [-0.2, -0.15) is 0 Å². The van der Waals surface area contributed by atoms with Crippen LogP contribution in [0, 0.1) is 0 Å². The molecule has 0 aromatic heterocycles. The quantitative estimate of drug-likeness (QED) is 0.300. The third-order valence-electron chi connectivity index (χ3n) is 2.88. The van der Waals surface area contributed by atoms with Crippen molar-refractivity contribution in [1.29, 1.82) is 0 Å². The number of ether oxygens (including phenoxy) is 1. The van der Waals surface area contributed by atoms with Crippen molar-refractivity contribution in [1.82, 2.24) is 0 Å². The molecule has 0 heterocycles. The van der Waals surface area contributed by atoms with E-state index in [0.29, 0.717) is 0 Å². The molecule has 104 valence electrons. The van der Waals surface area contributed by atoms with Crippen molar-refractivity contribution in [2.45, 2.75) is 71.3 Å². The number of rotatable bonds is 11. The molecule has 0 rings (SSSR count). The highest BCUT2D eigenvalue weighted by Crippen LogP contribution is 2.14. The lowest BCUT2D eigenvalue weighted by molar-refractivity contribution is -0.147. The molecule has 0 aromatic carbocycles. The normalized spacial score (nSPS) is 12.6. The molecule has 18 heavy (non-hydrogen) atoms. The standard InChI is InChI=1S/C16H28O2/c1-4-6-8-9-10-11-12-14-16(13-7-5-2)18-15(3)17/h4,6,8,16H,1,5,7,9-14H2,2-3H3. The van der Waals surface area contributed by atoms with Gasteiger partial charge in [0.2, 0.25) is 0 Å². The molecule has 0 N–H and O–H groups in total. The van der Waals surface area contributed by atoms with Crippen LogP contribution in [0.25, 0.3) is 0 Å². The van der Waals surface area contributed by atoms with Gasteiger partial charge >= 0.3 is 5.97 Å². The highest BCUT2D eigenvalue weighted by Gasteiger charge is 2.10. The zero-order valence-electron chi connectivity index (χ0n) is 12.0. The minimum Gasteiger partial charge on any atom is -0.463 e. The highest BCUT2D eigenvalue weighted by atomic mass is 16.5. The van der Waals surface area contributed by atoms with E-state index in [1.807, 2.05) is 12.2 Å². The van der Waals surface area contributed by atoms with Gasteiger partial charge in [0.15, 0.2) is 0 Å². The fourth-order valence-electron chi connectivity index (χ4n) is 1.93. The van der Waals surface area contributed by atoms with Crippen LogP contribution in [0.15, 0.2) is 24.8 Å². The molecule has 0 aliphatic heterocycles. The van der Waals surface area contributed by atoms with Crippen LogP contribution in [-0.2, 0) is 9.53 Å². The Morgan fingerprint density at radius 1 is 1.22 bits per heavy atom. The highest BCUT2D eigenvalue weighted by molar-refractivity contribution is 5.66. The second-order valence-electron chi connectivity index (χ2n) is 4.68. The summed E-state index contributed by atoms with van der Waals surface area (Å²) in [6.45, 7) is 7.30. The largest absolute Gasteiger partial charge is 0.463 e. The molecule has 0 aliphatic carbocycles. The lowest BCUT2D eigenvalue weighted by Gasteiger charge is -2.16. The first-order valence-corrected chi connectivity index (χ1v) is 7.15. The van der Waals surface area contributed by atoms with E-state index in [4.69, 9.17) is 4.74 Å². The first-order chi connectivity index (χ1) is 8.70. The smallest absolute Gasteiger partial charge is 0.302 e. The van der Waals surface area contributed by atoms with E-state index in [1.165, 1.54) is 19.8 Å². The van der Waals surface area contributed by atoms with Gasteiger partial charge in [-0.05, 0) is 32.1 Å². The Hall–Kier alpha value is -1.05. The molecule has 0 aromatic rings. The minimum absolute atomic E-state index is 0.131. The Balaban J connectivity index is 3.64. The Bertz CT molecular complexity index is 243. The summed E-state index contributed by atoms with van der Waals surface area (Å²) in [6.07, 6.45) is 15.0. The molecule has 0 radical (unpaired) electrons. The van der Waals surface area contributed by atoms with E-state index in [9.17, 15) is 4.79 Å². The predicted molar refractivity (Wildman–Crippen MR) is 77.5 cm³/mol. The molecule has 0 saturated carbocycles. The van der Waals surface area contributed by atoms with E-state index in [0.717, 1.165) is 38.5 Å². The van der Waals surface area contributed by atoms with Gasteiger partial charge in [-0.25, -0.2) is 0 Å². The van der Waals surface area contributed by atoms with Crippen LogP contribution >= 0.6 is 0 Å². The summed E-state index contributed by atoms with van der Waals surface area (Å²) in [5.41, 5.74) is 0. The molecular formula is C16H28O2. The van der Waals surface area contributed by atoms with Crippen LogP contribution in [0.5, 0.6) is 0 Å². The Labute approximate surface area is 112 Å². The summed E-state index contributed by atoms with van der Waals surface area (Å²) in [4.78, 5) is 11.0. The van der Waals surface area contributed by atoms with Crippen molar-refractivity contribution in [3.63, 3.8) is 0 Å². The van der Waals surface area contributed by atoms with Gasteiger partial charge in [0, 0.05) is 6.92 Å². The number of allylic oxidation sites excluding steroid dienone is 3. The third-order valence-corrected chi connectivity index (χ3v) is 2.88. The average molecular weight is 252 g/mol. The second kappa shape index (κ2) is 12.4. The Morgan fingerprint density at radius 2 is 1.94 bits per heavy atom. The summed E-state index contributed by atoms with van der Waals surface area (Å²) >= 11 is 0. The molecule has 0 aliphatic rings. The van der Waals surface area contributed by atoms with Crippen molar-refractivity contribution in [3.8, 4) is 0 Å². The summed E-state index contributed by atoms with van der Waals surface area (Å²) in [7, 11) is 0. The van der Waals surface area contributed by atoms with Gasteiger partial charge in [0.1, 0.15) is 6.10 Å². The van der Waals surface area contributed by atoms with Crippen LogP contribution in [0.4, 0.5) is 0 Å². The number of esters is 1. The van der Waals surface area contributed by atoms with E-state index < -0.39 is 0 Å². The van der Waals surface area contributed by atoms with Crippen molar-refractivity contribution < 1.29 is 9.53 Å². The number of hydrogen-bond donors (Lipinski definition) is 0. The molecular weight excluding hydrogens is 224 g/mol. The third kappa shape index (κ3) is 11.4. The minimum atomic E-state index is -0.148. The summed E-state index contributed by atoms with van der Waals surface area (Å²) in [5, 5.41) is 0. The summed E-state index contributed by atoms with van der Waals surface area (Å²) < 4.78 is 5.33. The second-order valence-corrected chi connectivity index (χ2v) is 4.68. The molecule has 0 spiro atoms. The lowest BCUT2D eigenvalue weighted by Crippen LogP contribution is -2.16. The molecule has 1 unspecified atom stereocenters. The van der Waals surface area contributed by atoms with Gasteiger partial charge < -0.3 is 4.74 Å². The van der Waals surface area contributed by atoms with Crippen molar-refractivity contribution in [2.75, 3.05) is 0 Å². The molecule has 2 nitrogen and oxygen atoms in total. The SMILES string of the molecule is C=CC=CCCCCCC(CCCC)OC(C)=O. The van der Waals surface area contributed by atoms with E-state index in [2.05, 4.69) is 19.6 Å². The number of carbonyl (C=O) groups excluding carboxylic acids is 1. The van der Waals surface area contributed by atoms with Crippen molar-refractivity contribution in [3.05, 3.63) is 24.8 Å². The number of hydrogen-bond acceptors (Lipinski definition) is 2. The first kappa shape index (κ1) is 16.9. The van der Waals surface area contributed by atoms with E-state index in [1.54, 1.807) is 0 Å². The van der Waals surface area contributed by atoms with Crippen molar-refractivity contribution in [2.24, 2.45) is 0 Å². The predicted octanol–water partition coefficient (Wildman–Crippen LogP) is 4.80. The van der Waals surface area contributed by atoms with Crippen molar-refractivity contribution >= 4 is 5.97 Å². The zero-order valence-corrected chi connectivity index (χ0v) is 12.0. The van der Waals surface area contributed by atoms with Gasteiger partial charge in [0.05, 0.1) is 0 Å². The van der Waals surface area contributed by atoms with Crippen LogP contribution in [0.2, 0.25) is 0 Å². The molecule has 0 saturated heterocycles. The maximum atomic E-state index is 11.0. The number of unbranched alkanes of at least 4 members (excludes halogenated alkanes) is 4. The van der Waals surface area contributed by atoms with Gasteiger partial charge in [-0.15, -0.1) is 0 Å². The Kier molecular flexibility index (Phi) is 11.7. The molecule has 0 fully saturated rings. The summed E-state index contributed by atoms with van der Waals surface area (Å²) in [5.74, 6) is -0.148. The molecule has 0 amide bonds. The topological polar surface area (TPSA) is 26.3 Å². The van der Waals surface area contributed by atoms with Crippen LogP contribution in [-0.4, -0.2) is 12.1 Å². The molecule has 1 atom stereocenters.